The van der Waals surface area contributed by atoms with Crippen molar-refractivity contribution in [2.45, 2.75) is 115 Å². The van der Waals surface area contributed by atoms with Crippen molar-refractivity contribution in [1.82, 2.24) is 52.1 Å². The fourth-order valence-electron chi connectivity index (χ4n) is 8.11. The number of likely N-dealkylation sites (N-methyl/N-ethyl adjacent to an activating group) is 1. The number of carbonyl (C=O) groups excluding carboxylic acids is 7. The van der Waals surface area contributed by atoms with Gasteiger partial charge in [-0.3, -0.25) is 38.6 Å². The Morgan fingerprint density at radius 1 is 0.781 bits per heavy atom. The summed E-state index contributed by atoms with van der Waals surface area (Å²) in [5.41, 5.74) is 21.8. The number of hydrogen-bond donors (Lipinski definition) is 11. The molecule has 1 fully saturated rings. The summed E-state index contributed by atoms with van der Waals surface area (Å²) in [5, 5.41) is 32.5. The monoisotopic (exact) mass is 1010 g/mol. The van der Waals surface area contributed by atoms with E-state index in [4.69, 9.17) is 17.0 Å². The Kier molecular flexibility index (Phi) is 22.6. The zero-order valence-electron chi connectivity index (χ0n) is 41.7. The van der Waals surface area contributed by atoms with Crippen molar-refractivity contribution in [3.8, 4) is 0 Å². The molecular weight excluding hydrogens is 945 g/mol. The van der Waals surface area contributed by atoms with Crippen LogP contribution >= 0.6 is 0 Å². The normalized spacial score (nSPS) is 15.5. The van der Waals surface area contributed by atoms with Crippen LogP contribution in [0.2, 0.25) is 0 Å². The van der Waals surface area contributed by atoms with Crippen LogP contribution in [0.15, 0.2) is 77.2 Å². The van der Waals surface area contributed by atoms with Gasteiger partial charge in [-0.2, -0.15) is 0 Å². The number of imidazole rings is 1. The minimum atomic E-state index is -1.38. The molecule has 1 aliphatic heterocycles. The van der Waals surface area contributed by atoms with E-state index in [1.54, 1.807) is 77.2 Å². The molecule has 2 aromatic carbocycles. The molecule has 0 radical (unpaired) electrons. The highest BCUT2D eigenvalue weighted by atomic mass is 16.4. The molecule has 0 spiro atoms. The Hall–Kier alpha value is -8.05. The summed E-state index contributed by atoms with van der Waals surface area (Å²) in [6.07, 6.45) is 3.72. The predicted octanol–water partition coefficient (Wildman–Crippen LogP) is -0.0512. The molecule has 13 N–H and O–H groups in total. The molecule has 0 unspecified atom stereocenters. The Labute approximate surface area is 422 Å². The number of carboxylic acid groups (broad SMARTS) is 1. The van der Waals surface area contributed by atoms with E-state index in [2.05, 4.69) is 62.2 Å². The van der Waals surface area contributed by atoms with Crippen molar-refractivity contribution >= 4 is 59.0 Å². The molecule has 25 nitrogen and oxygen atoms in total. The lowest BCUT2D eigenvalue weighted by atomic mass is 9.98. The molecule has 7 atom stereocenters. The summed E-state index contributed by atoms with van der Waals surface area (Å²) in [4.78, 5) is 125. The van der Waals surface area contributed by atoms with E-state index >= 15 is 0 Å². The first-order chi connectivity index (χ1) is 34.8. The third kappa shape index (κ3) is 18.3. The van der Waals surface area contributed by atoms with Gasteiger partial charge in [0.2, 0.25) is 41.4 Å². The zero-order valence-corrected chi connectivity index (χ0v) is 41.7. The second-order valence-electron chi connectivity index (χ2n) is 18.3. The number of aromatic nitrogens is 2. The van der Waals surface area contributed by atoms with E-state index in [1.165, 1.54) is 29.6 Å². The van der Waals surface area contributed by atoms with Crippen molar-refractivity contribution in [2.75, 3.05) is 26.7 Å². The number of hydrogen-bond acceptors (Lipinski definition) is 12. The van der Waals surface area contributed by atoms with Crippen LogP contribution in [0.25, 0.3) is 10.4 Å². The maximum Gasteiger partial charge on any atom is 0.326 e. The number of carbonyl (C=O) groups is 8. The van der Waals surface area contributed by atoms with Crippen LogP contribution in [0.5, 0.6) is 0 Å². The molecule has 3 aromatic rings. The first-order valence-electron chi connectivity index (χ1n) is 24.0. The van der Waals surface area contributed by atoms with E-state index < -0.39 is 101 Å². The van der Waals surface area contributed by atoms with Gasteiger partial charge in [-0.1, -0.05) is 87.4 Å². The number of nitrogens with two attached hydrogens (primary N) is 2. The quantitative estimate of drug-likeness (QED) is 0.0114. The third-order valence-corrected chi connectivity index (χ3v) is 11.9. The Balaban J connectivity index is 1.58. The van der Waals surface area contributed by atoms with Crippen molar-refractivity contribution in [3.05, 3.63) is 94.4 Å². The molecule has 73 heavy (non-hydrogen) atoms. The molecule has 0 saturated carbocycles. The third-order valence-electron chi connectivity index (χ3n) is 11.9. The molecule has 2 heterocycles. The lowest BCUT2D eigenvalue weighted by Crippen LogP contribution is -2.61. The smallest absolute Gasteiger partial charge is 0.326 e. The van der Waals surface area contributed by atoms with Crippen molar-refractivity contribution in [2.24, 2.45) is 33.4 Å². The molecule has 7 amide bonds. The number of rotatable bonds is 28. The highest BCUT2D eigenvalue weighted by Crippen LogP contribution is 2.21. The first kappa shape index (κ1) is 57.5. The van der Waals surface area contributed by atoms with Gasteiger partial charge in [-0.05, 0) is 61.2 Å². The molecule has 1 saturated heterocycles. The molecule has 0 aliphatic carbocycles. The fourth-order valence-corrected chi connectivity index (χ4v) is 8.11. The molecule has 25 heteroatoms. The highest BCUT2D eigenvalue weighted by Gasteiger charge is 2.41. The van der Waals surface area contributed by atoms with Gasteiger partial charge >= 0.3 is 5.97 Å². The fraction of sp³-hybridized carbons (Fsp3) is 0.500. The largest absolute Gasteiger partial charge is 0.480 e. The second kappa shape index (κ2) is 28.7. The van der Waals surface area contributed by atoms with Crippen LogP contribution in [-0.2, 0) is 57.6 Å². The van der Waals surface area contributed by atoms with Crippen LogP contribution < -0.4 is 48.7 Å². The number of H-pyrrole nitrogens is 1. The van der Waals surface area contributed by atoms with Gasteiger partial charge < -0.3 is 63.7 Å². The maximum atomic E-state index is 14.5. The summed E-state index contributed by atoms with van der Waals surface area (Å²) in [7, 11) is 1.56. The number of nitrogens with zero attached hydrogens (tertiary/aromatic N) is 6. The average molecular weight is 1010 g/mol. The number of guanidine groups is 1. The van der Waals surface area contributed by atoms with E-state index in [0.29, 0.717) is 29.7 Å². The van der Waals surface area contributed by atoms with E-state index in [0.717, 1.165) is 0 Å². The molecule has 4 rings (SSSR count). The van der Waals surface area contributed by atoms with E-state index in [9.17, 15) is 43.5 Å². The maximum absolute atomic E-state index is 14.5. The summed E-state index contributed by atoms with van der Waals surface area (Å²) < 4.78 is 0. The van der Waals surface area contributed by atoms with Gasteiger partial charge in [0.25, 0.3) is 0 Å². The van der Waals surface area contributed by atoms with Gasteiger partial charge in [0.1, 0.15) is 42.3 Å². The van der Waals surface area contributed by atoms with Crippen molar-refractivity contribution in [1.29, 1.82) is 0 Å². The number of azide groups is 1. The Morgan fingerprint density at radius 3 is 1.95 bits per heavy atom. The number of amides is 7. The van der Waals surface area contributed by atoms with Crippen LogP contribution in [0.4, 0.5) is 5.69 Å². The van der Waals surface area contributed by atoms with Gasteiger partial charge in [0, 0.05) is 54.8 Å². The molecule has 394 valence electrons. The van der Waals surface area contributed by atoms with Gasteiger partial charge in [0.15, 0.2) is 5.96 Å². The number of carboxylic acids is 1. The Bertz CT molecular complexity index is 2420. The van der Waals surface area contributed by atoms with Crippen LogP contribution in [-0.4, -0.2) is 142 Å². The minimum Gasteiger partial charge on any atom is -0.480 e. The second-order valence-corrected chi connectivity index (χ2v) is 18.3. The SMILES string of the molecule is CNCC(=O)N[C@@H](CCCN=C(N)N)C(=O)N[C@H](C(=O)N[C@@H](Cc1ccc(N=[N+]=[N-])cc1)C(=O)N[C@H](C(=O)N[C@@H](Cc1cnc[nH]1)C(=O)N1CCC[C@H]1C(=O)N[C@@H](Cc1ccccc1)C(=O)O)C(C)C)C(C)C. The number of aromatic amines is 1. The van der Waals surface area contributed by atoms with E-state index in [-0.39, 0.29) is 63.4 Å². The number of benzene rings is 2. The molecule has 0 bridgehead atoms. The molecule has 1 aromatic heterocycles. The highest BCUT2D eigenvalue weighted by molar-refractivity contribution is 5.98. The molecule has 1 aliphatic rings. The van der Waals surface area contributed by atoms with Crippen molar-refractivity contribution in [3.63, 3.8) is 0 Å². The van der Waals surface area contributed by atoms with Gasteiger partial charge in [0.05, 0.1) is 12.9 Å². The average Bonchev–Trinajstić information content (AvgIpc) is 4.06. The summed E-state index contributed by atoms with van der Waals surface area (Å²) >= 11 is 0. The predicted molar refractivity (Wildman–Crippen MR) is 269 cm³/mol. The lowest BCUT2D eigenvalue weighted by molar-refractivity contribution is -0.145. The minimum absolute atomic E-state index is 0.00884. The number of aliphatic carboxylic acids is 1. The number of likely N-dealkylation sites (tertiary alicyclic amines) is 1. The number of nitrogens with one attached hydrogen (secondary N) is 8. The van der Waals surface area contributed by atoms with Crippen LogP contribution in [0.1, 0.15) is 70.2 Å². The van der Waals surface area contributed by atoms with Crippen LogP contribution in [0, 0.1) is 11.8 Å². The topological polar surface area (TPSA) is 386 Å². The number of aliphatic imine (C=N–C) groups is 1. The van der Waals surface area contributed by atoms with Gasteiger partial charge in [-0.15, -0.1) is 0 Å². The van der Waals surface area contributed by atoms with Crippen LogP contribution in [0.3, 0.4) is 0 Å². The van der Waals surface area contributed by atoms with Crippen molar-refractivity contribution < 1.29 is 43.5 Å². The lowest BCUT2D eigenvalue weighted by Gasteiger charge is -2.31. The standard InChI is InChI=1S/C48H68N16O9/c1-27(2)39(60-41(66)33(56-38(65)25-52-5)13-9-19-54-48(49)50)44(69)57-34(21-30-15-17-31(18-16-30)62-63-51)42(67)61-40(28(3)4)45(70)58-35(23-32-24-53-26-55-32)46(71)64-20-10-14-37(64)43(68)59-36(47(72)73)22-29-11-7-6-8-12-29/h6-8,11-12,15-18,24,26-28,33-37,39-40,52H,9-10,13-14,19-23,25H2,1-5H3,(H,53,55)(H,56,65)(H,57,69)(H,58,70)(H,59,68)(H,60,66)(H,61,67)(H,72,73)(H4,49,50,54)/t33-,34-,35-,36-,37-,39-,40-/m0/s1. The molecular formula is C48H68N16O9. The Morgan fingerprint density at radius 2 is 1.38 bits per heavy atom. The summed E-state index contributed by atoms with van der Waals surface area (Å²) in [5.74, 6) is -7.31. The van der Waals surface area contributed by atoms with Gasteiger partial charge in [-0.25, -0.2) is 9.78 Å². The summed E-state index contributed by atoms with van der Waals surface area (Å²) in [6.45, 7) is 6.91. The zero-order chi connectivity index (χ0) is 53.6. The summed E-state index contributed by atoms with van der Waals surface area (Å²) in [6, 6.07) is 6.38. The first-order valence-corrected chi connectivity index (χ1v) is 24.0. The van der Waals surface area contributed by atoms with E-state index in [1.807, 2.05) is 0 Å².